The summed E-state index contributed by atoms with van der Waals surface area (Å²) in [6.45, 7) is 0.776. The van der Waals surface area contributed by atoms with E-state index in [2.05, 4.69) is 0 Å². The van der Waals surface area contributed by atoms with Crippen LogP contribution >= 0.6 is 11.6 Å². The van der Waals surface area contributed by atoms with Gasteiger partial charge in [-0.2, -0.15) is 5.26 Å². The molecule has 84 valence electrons. The van der Waals surface area contributed by atoms with E-state index in [4.69, 9.17) is 16.9 Å². The molecule has 0 aliphatic rings. The molecule has 0 radical (unpaired) electrons. The number of nitriles is 1. The lowest BCUT2D eigenvalue weighted by molar-refractivity contribution is -0.384. The second-order valence-electron chi connectivity index (χ2n) is 3.36. The largest absolute Gasteiger partial charge is 0.289 e. The molecule has 0 fully saturated rings. The van der Waals surface area contributed by atoms with Crippen LogP contribution < -0.4 is 0 Å². The van der Waals surface area contributed by atoms with E-state index in [0.717, 1.165) is 5.56 Å². The molecule has 6 heteroatoms. The Kier molecular flexibility index (Phi) is 4.23. The molecule has 0 saturated carbocycles. The Morgan fingerprint density at radius 1 is 1.62 bits per heavy atom. The maximum Gasteiger partial charge on any atom is 0.270 e. The molecule has 0 aliphatic heterocycles. The first-order chi connectivity index (χ1) is 7.54. The Bertz CT molecular complexity index is 442. The van der Waals surface area contributed by atoms with Gasteiger partial charge in [0.15, 0.2) is 0 Å². The topological polar surface area (TPSA) is 70.2 Å². The Labute approximate surface area is 98.0 Å². The van der Waals surface area contributed by atoms with Crippen molar-refractivity contribution < 1.29 is 4.92 Å². The minimum absolute atomic E-state index is 0.0308. The minimum Gasteiger partial charge on any atom is -0.289 e. The maximum atomic E-state index is 10.5. The second-order valence-corrected chi connectivity index (χ2v) is 3.77. The first-order valence-corrected chi connectivity index (χ1v) is 4.90. The fraction of sp³-hybridized carbons (Fsp3) is 0.300. The van der Waals surface area contributed by atoms with E-state index in [1.165, 1.54) is 12.1 Å². The molecular formula is C10H10ClN3O2. The highest BCUT2D eigenvalue weighted by Gasteiger charge is 2.10. The van der Waals surface area contributed by atoms with Gasteiger partial charge in [0.05, 0.1) is 22.6 Å². The first kappa shape index (κ1) is 12.4. The van der Waals surface area contributed by atoms with Gasteiger partial charge in [-0.05, 0) is 18.7 Å². The van der Waals surface area contributed by atoms with Gasteiger partial charge < -0.3 is 0 Å². The van der Waals surface area contributed by atoms with Crippen molar-refractivity contribution in [3.05, 3.63) is 38.9 Å². The summed E-state index contributed by atoms with van der Waals surface area (Å²) in [5.41, 5.74) is 0.738. The highest BCUT2D eigenvalue weighted by molar-refractivity contribution is 6.31. The molecule has 0 amide bonds. The Morgan fingerprint density at radius 3 is 2.81 bits per heavy atom. The summed E-state index contributed by atoms with van der Waals surface area (Å²) in [6.07, 6.45) is 0. The van der Waals surface area contributed by atoms with Crippen molar-refractivity contribution in [3.63, 3.8) is 0 Å². The van der Waals surface area contributed by atoms with Crippen LogP contribution in [0.1, 0.15) is 5.56 Å². The van der Waals surface area contributed by atoms with Crippen LogP contribution in [-0.2, 0) is 6.54 Å². The van der Waals surface area contributed by atoms with Gasteiger partial charge in [0.2, 0.25) is 0 Å². The Hall–Kier alpha value is -1.64. The van der Waals surface area contributed by atoms with Crippen LogP contribution in [0.4, 0.5) is 5.69 Å². The predicted molar refractivity (Wildman–Crippen MR) is 60.1 cm³/mol. The standard InChI is InChI=1S/C10H10ClN3O2/c1-13(5-4-12)7-8-2-3-9(14(15)16)6-10(8)11/h2-3,6H,5,7H2,1H3. The molecular weight excluding hydrogens is 230 g/mol. The Morgan fingerprint density at radius 2 is 2.31 bits per heavy atom. The van der Waals surface area contributed by atoms with Gasteiger partial charge in [-0.3, -0.25) is 15.0 Å². The van der Waals surface area contributed by atoms with Crippen LogP contribution in [-0.4, -0.2) is 23.4 Å². The van der Waals surface area contributed by atoms with Crippen molar-refractivity contribution in [3.8, 4) is 6.07 Å². The normalized spacial score (nSPS) is 10.1. The lowest BCUT2D eigenvalue weighted by atomic mass is 10.2. The van der Waals surface area contributed by atoms with Gasteiger partial charge in [-0.25, -0.2) is 0 Å². The molecule has 0 heterocycles. The molecule has 0 unspecified atom stereocenters. The number of nitro groups is 1. The fourth-order valence-electron chi connectivity index (χ4n) is 1.25. The maximum absolute atomic E-state index is 10.5. The third kappa shape index (κ3) is 3.19. The minimum atomic E-state index is -0.491. The molecule has 1 aromatic carbocycles. The van der Waals surface area contributed by atoms with Gasteiger partial charge in [0.1, 0.15) is 0 Å². The molecule has 16 heavy (non-hydrogen) atoms. The lowest BCUT2D eigenvalue weighted by Crippen LogP contribution is -2.17. The third-order valence-corrected chi connectivity index (χ3v) is 2.38. The average Bonchev–Trinajstić information content (AvgIpc) is 2.21. The third-order valence-electron chi connectivity index (χ3n) is 2.03. The highest BCUT2D eigenvalue weighted by Crippen LogP contribution is 2.23. The Balaban J connectivity index is 2.84. The molecule has 1 aromatic rings. The van der Waals surface area contributed by atoms with Crippen molar-refractivity contribution in [1.82, 2.24) is 4.90 Å². The molecule has 5 nitrogen and oxygen atoms in total. The molecule has 1 rings (SSSR count). The molecule has 0 saturated heterocycles. The van der Waals surface area contributed by atoms with Crippen molar-refractivity contribution in [2.75, 3.05) is 13.6 Å². The molecule has 0 bridgehead atoms. The number of nitro benzene ring substituents is 1. The molecule has 0 aliphatic carbocycles. The van der Waals surface area contributed by atoms with E-state index >= 15 is 0 Å². The van der Waals surface area contributed by atoms with Crippen LogP contribution in [0.5, 0.6) is 0 Å². The van der Waals surface area contributed by atoms with Crippen LogP contribution in [0.2, 0.25) is 5.02 Å². The van der Waals surface area contributed by atoms with Crippen LogP contribution in [0.3, 0.4) is 0 Å². The van der Waals surface area contributed by atoms with E-state index < -0.39 is 4.92 Å². The summed E-state index contributed by atoms with van der Waals surface area (Å²) >= 11 is 5.90. The quantitative estimate of drug-likeness (QED) is 0.459. The monoisotopic (exact) mass is 239 g/mol. The summed E-state index contributed by atoms with van der Waals surface area (Å²) in [5.74, 6) is 0. The van der Waals surface area contributed by atoms with E-state index in [0.29, 0.717) is 11.6 Å². The number of rotatable bonds is 4. The molecule has 0 aromatic heterocycles. The summed E-state index contributed by atoms with van der Waals surface area (Å²) < 4.78 is 0. The van der Waals surface area contributed by atoms with Crippen LogP contribution in [0.25, 0.3) is 0 Å². The van der Waals surface area contributed by atoms with Crippen LogP contribution in [0, 0.1) is 21.4 Å². The molecule has 0 N–H and O–H groups in total. The van der Waals surface area contributed by atoms with Crippen molar-refractivity contribution in [1.29, 1.82) is 5.26 Å². The molecule has 0 atom stereocenters. The van der Waals surface area contributed by atoms with Crippen molar-refractivity contribution >= 4 is 17.3 Å². The SMILES string of the molecule is CN(CC#N)Cc1ccc([N+](=O)[O-])cc1Cl. The number of non-ortho nitro benzene ring substituents is 1. The van der Waals surface area contributed by atoms with Crippen molar-refractivity contribution in [2.24, 2.45) is 0 Å². The van der Waals surface area contributed by atoms with Gasteiger partial charge in [0.25, 0.3) is 5.69 Å². The fourth-order valence-corrected chi connectivity index (χ4v) is 1.48. The number of benzene rings is 1. The second kappa shape index (κ2) is 5.45. The summed E-state index contributed by atoms with van der Waals surface area (Å²) in [6, 6.07) is 6.34. The van der Waals surface area contributed by atoms with Crippen LogP contribution in [0.15, 0.2) is 18.2 Å². The van der Waals surface area contributed by atoms with Crippen molar-refractivity contribution in [2.45, 2.75) is 6.54 Å². The first-order valence-electron chi connectivity index (χ1n) is 4.53. The number of hydrogen-bond acceptors (Lipinski definition) is 4. The summed E-state index contributed by atoms with van der Waals surface area (Å²) in [5, 5.41) is 19.3. The van der Waals surface area contributed by atoms with Gasteiger partial charge >= 0.3 is 0 Å². The average molecular weight is 240 g/mol. The zero-order valence-electron chi connectivity index (χ0n) is 8.68. The number of halogens is 1. The van der Waals surface area contributed by atoms with Gasteiger partial charge in [-0.1, -0.05) is 11.6 Å². The smallest absolute Gasteiger partial charge is 0.270 e. The zero-order chi connectivity index (χ0) is 12.1. The van der Waals surface area contributed by atoms with Gasteiger partial charge in [-0.15, -0.1) is 0 Å². The van der Waals surface area contributed by atoms with E-state index in [1.54, 1.807) is 18.0 Å². The summed E-state index contributed by atoms with van der Waals surface area (Å²) in [4.78, 5) is 11.8. The molecule has 0 spiro atoms. The zero-order valence-corrected chi connectivity index (χ0v) is 9.44. The van der Waals surface area contributed by atoms with Gasteiger partial charge in [0, 0.05) is 18.7 Å². The highest BCUT2D eigenvalue weighted by atomic mass is 35.5. The summed E-state index contributed by atoms with van der Waals surface area (Å²) in [7, 11) is 1.78. The lowest BCUT2D eigenvalue weighted by Gasteiger charge is -2.13. The number of nitrogens with zero attached hydrogens (tertiary/aromatic N) is 3. The predicted octanol–water partition coefficient (Wildman–Crippen LogP) is 2.20. The van der Waals surface area contributed by atoms with E-state index in [9.17, 15) is 10.1 Å². The number of hydrogen-bond donors (Lipinski definition) is 0. The van der Waals surface area contributed by atoms with E-state index in [1.807, 2.05) is 6.07 Å². The van der Waals surface area contributed by atoms with E-state index in [-0.39, 0.29) is 12.2 Å².